The third-order valence-corrected chi connectivity index (χ3v) is 3.28. The molecule has 0 atom stereocenters. The molecule has 106 valence electrons. The number of benzene rings is 2. The van der Waals surface area contributed by atoms with Crippen LogP contribution in [0.25, 0.3) is 10.9 Å². The summed E-state index contributed by atoms with van der Waals surface area (Å²) in [5.41, 5.74) is 1.32. The highest BCUT2D eigenvalue weighted by Crippen LogP contribution is 2.30. The first kappa shape index (κ1) is 13.2. The highest BCUT2D eigenvalue weighted by molar-refractivity contribution is 5.91. The van der Waals surface area contributed by atoms with Crippen LogP contribution in [0.2, 0.25) is 0 Å². The van der Waals surface area contributed by atoms with Crippen LogP contribution >= 0.6 is 0 Å². The summed E-state index contributed by atoms with van der Waals surface area (Å²) < 4.78 is 19.2. The Balaban J connectivity index is 2.10. The molecule has 0 aliphatic rings. The Morgan fingerprint density at radius 3 is 2.52 bits per heavy atom. The Morgan fingerprint density at radius 1 is 1.05 bits per heavy atom. The summed E-state index contributed by atoms with van der Waals surface area (Å²) in [7, 11) is 3.41. The van der Waals surface area contributed by atoms with Crippen molar-refractivity contribution in [3.8, 4) is 5.75 Å². The van der Waals surface area contributed by atoms with Gasteiger partial charge in [0.1, 0.15) is 17.1 Å². The van der Waals surface area contributed by atoms with E-state index in [0.717, 1.165) is 11.4 Å². The third kappa shape index (κ3) is 2.35. The van der Waals surface area contributed by atoms with E-state index in [4.69, 9.17) is 4.74 Å². The molecule has 6 heteroatoms. The van der Waals surface area contributed by atoms with Crippen molar-refractivity contribution in [1.82, 2.24) is 15.4 Å². The van der Waals surface area contributed by atoms with Crippen molar-refractivity contribution >= 4 is 22.4 Å². The van der Waals surface area contributed by atoms with Crippen molar-refractivity contribution in [3.63, 3.8) is 0 Å². The van der Waals surface area contributed by atoms with Gasteiger partial charge < -0.3 is 9.64 Å². The van der Waals surface area contributed by atoms with Crippen LogP contribution in [0.15, 0.2) is 42.5 Å². The van der Waals surface area contributed by atoms with E-state index in [-0.39, 0.29) is 5.82 Å². The van der Waals surface area contributed by atoms with E-state index in [9.17, 15) is 4.39 Å². The zero-order valence-electron chi connectivity index (χ0n) is 11.6. The van der Waals surface area contributed by atoms with Gasteiger partial charge in [0.25, 0.3) is 0 Å². The van der Waals surface area contributed by atoms with Crippen molar-refractivity contribution < 1.29 is 9.13 Å². The van der Waals surface area contributed by atoms with Gasteiger partial charge in [-0.05, 0) is 41.6 Å². The number of fused-ring (bicyclic) bond motifs is 1. The summed E-state index contributed by atoms with van der Waals surface area (Å²) in [5.74, 6) is 0.803. The molecular formula is C15H13FN4O. The Morgan fingerprint density at radius 2 is 1.81 bits per heavy atom. The van der Waals surface area contributed by atoms with E-state index < -0.39 is 0 Å². The average Bonchev–Trinajstić information content (AvgIpc) is 2.54. The Bertz CT molecular complexity index is 771. The van der Waals surface area contributed by atoms with E-state index >= 15 is 0 Å². The molecule has 21 heavy (non-hydrogen) atoms. The maximum atomic E-state index is 14.1. The monoisotopic (exact) mass is 284 g/mol. The van der Waals surface area contributed by atoms with E-state index in [1.165, 1.54) is 6.07 Å². The number of nitrogens with zero attached hydrogens (tertiary/aromatic N) is 4. The van der Waals surface area contributed by atoms with E-state index in [1.807, 2.05) is 24.3 Å². The number of halogens is 1. The van der Waals surface area contributed by atoms with Gasteiger partial charge in [-0.1, -0.05) is 6.07 Å². The van der Waals surface area contributed by atoms with Crippen LogP contribution in [0.4, 0.5) is 15.9 Å². The van der Waals surface area contributed by atoms with Gasteiger partial charge in [-0.15, -0.1) is 10.2 Å². The minimum atomic E-state index is -0.370. The number of methoxy groups -OCH3 is 1. The predicted molar refractivity (Wildman–Crippen MR) is 78.3 cm³/mol. The molecular weight excluding hydrogens is 271 g/mol. The molecule has 0 aliphatic heterocycles. The molecule has 1 aromatic heterocycles. The van der Waals surface area contributed by atoms with Gasteiger partial charge in [-0.2, -0.15) is 0 Å². The molecule has 0 fully saturated rings. The third-order valence-electron chi connectivity index (χ3n) is 3.28. The number of hydrogen-bond donors (Lipinski definition) is 0. The molecule has 0 aliphatic carbocycles. The number of hydrogen-bond acceptors (Lipinski definition) is 5. The fourth-order valence-corrected chi connectivity index (χ4v) is 2.14. The average molecular weight is 284 g/mol. The van der Waals surface area contributed by atoms with Crippen LogP contribution < -0.4 is 9.64 Å². The zero-order valence-corrected chi connectivity index (χ0v) is 11.6. The SMILES string of the molecule is COc1ccc(N(C)c2nnnc3cccc(F)c23)cc1. The second-order valence-electron chi connectivity index (χ2n) is 4.50. The highest BCUT2D eigenvalue weighted by atomic mass is 19.1. The first-order valence-corrected chi connectivity index (χ1v) is 6.36. The molecule has 0 radical (unpaired) electrons. The number of anilines is 2. The molecule has 0 saturated heterocycles. The topological polar surface area (TPSA) is 51.1 Å². The van der Waals surface area contributed by atoms with Crippen molar-refractivity contribution in [2.24, 2.45) is 0 Å². The molecule has 0 bridgehead atoms. The fraction of sp³-hybridized carbons (Fsp3) is 0.133. The molecule has 0 saturated carbocycles. The van der Waals surface area contributed by atoms with Crippen LogP contribution in [0.3, 0.4) is 0 Å². The molecule has 2 aromatic carbocycles. The van der Waals surface area contributed by atoms with Crippen LogP contribution in [0, 0.1) is 5.82 Å². The summed E-state index contributed by atoms with van der Waals surface area (Å²) in [5, 5.41) is 11.9. The second kappa shape index (κ2) is 5.32. The Kier molecular flexibility index (Phi) is 3.35. The molecule has 0 spiro atoms. The number of aromatic nitrogens is 3. The first-order chi connectivity index (χ1) is 10.2. The lowest BCUT2D eigenvalue weighted by atomic mass is 10.2. The normalized spacial score (nSPS) is 10.6. The summed E-state index contributed by atoms with van der Waals surface area (Å²) in [6, 6.07) is 12.1. The fourth-order valence-electron chi connectivity index (χ4n) is 2.14. The van der Waals surface area contributed by atoms with Gasteiger partial charge in [-0.25, -0.2) is 4.39 Å². The van der Waals surface area contributed by atoms with Gasteiger partial charge in [-0.3, -0.25) is 0 Å². The molecule has 0 amide bonds. The first-order valence-electron chi connectivity index (χ1n) is 6.36. The van der Waals surface area contributed by atoms with Crippen molar-refractivity contribution in [1.29, 1.82) is 0 Å². The van der Waals surface area contributed by atoms with Gasteiger partial charge in [0.15, 0.2) is 5.82 Å². The largest absolute Gasteiger partial charge is 0.497 e. The minimum absolute atomic E-state index is 0.353. The molecule has 3 rings (SSSR count). The smallest absolute Gasteiger partial charge is 0.169 e. The molecule has 1 heterocycles. The Labute approximate surface area is 121 Å². The lowest BCUT2D eigenvalue weighted by Gasteiger charge is -2.19. The van der Waals surface area contributed by atoms with Gasteiger partial charge in [0.2, 0.25) is 0 Å². The molecule has 3 aromatic rings. The van der Waals surface area contributed by atoms with Gasteiger partial charge in [0, 0.05) is 12.7 Å². The van der Waals surface area contributed by atoms with Crippen molar-refractivity contribution in [3.05, 3.63) is 48.3 Å². The predicted octanol–water partition coefficient (Wildman–Crippen LogP) is 2.94. The zero-order chi connectivity index (χ0) is 14.8. The summed E-state index contributed by atoms with van der Waals surface area (Å²) in [6.07, 6.45) is 0. The van der Waals surface area contributed by atoms with E-state index in [0.29, 0.717) is 16.7 Å². The van der Waals surface area contributed by atoms with Crippen molar-refractivity contribution in [2.75, 3.05) is 19.1 Å². The molecule has 0 N–H and O–H groups in total. The Hall–Kier alpha value is -2.76. The van der Waals surface area contributed by atoms with E-state index in [2.05, 4.69) is 15.4 Å². The number of ether oxygens (including phenoxy) is 1. The minimum Gasteiger partial charge on any atom is -0.497 e. The van der Waals surface area contributed by atoms with Crippen molar-refractivity contribution in [2.45, 2.75) is 0 Å². The lowest BCUT2D eigenvalue weighted by Crippen LogP contribution is -2.13. The van der Waals surface area contributed by atoms with Gasteiger partial charge >= 0.3 is 0 Å². The van der Waals surface area contributed by atoms with E-state index in [1.54, 1.807) is 31.2 Å². The lowest BCUT2D eigenvalue weighted by molar-refractivity contribution is 0.415. The highest BCUT2D eigenvalue weighted by Gasteiger charge is 2.14. The van der Waals surface area contributed by atoms with Gasteiger partial charge in [0.05, 0.1) is 12.5 Å². The summed E-state index contributed by atoms with van der Waals surface area (Å²) in [6.45, 7) is 0. The molecule has 0 unspecified atom stereocenters. The standard InChI is InChI=1S/C15H13FN4O/c1-20(10-6-8-11(21-2)9-7-10)15-14-12(16)4-3-5-13(14)17-19-18-15/h3-9H,1-2H3. The quantitative estimate of drug-likeness (QED) is 0.740. The maximum Gasteiger partial charge on any atom is 0.169 e. The molecule has 5 nitrogen and oxygen atoms in total. The van der Waals surface area contributed by atoms with Crippen LogP contribution in [-0.2, 0) is 0 Å². The maximum absolute atomic E-state index is 14.1. The van der Waals surface area contributed by atoms with Crippen LogP contribution in [-0.4, -0.2) is 29.6 Å². The second-order valence-corrected chi connectivity index (χ2v) is 4.50. The number of rotatable bonds is 3. The van der Waals surface area contributed by atoms with Crippen LogP contribution in [0.1, 0.15) is 0 Å². The van der Waals surface area contributed by atoms with Crippen LogP contribution in [0.5, 0.6) is 5.75 Å². The summed E-state index contributed by atoms with van der Waals surface area (Å²) in [4.78, 5) is 1.76. The summed E-state index contributed by atoms with van der Waals surface area (Å²) >= 11 is 0.